The molecule has 2 amide bonds. The smallest absolute Gasteiger partial charge is 0.317 e. The Balaban J connectivity index is 1.88. The van der Waals surface area contributed by atoms with Crippen molar-refractivity contribution in [3.8, 4) is 0 Å². The second kappa shape index (κ2) is 7.52. The van der Waals surface area contributed by atoms with E-state index in [1.165, 1.54) is 0 Å². The van der Waals surface area contributed by atoms with Gasteiger partial charge in [0.2, 0.25) is 0 Å². The van der Waals surface area contributed by atoms with Crippen LogP contribution in [-0.2, 0) is 4.74 Å². The summed E-state index contributed by atoms with van der Waals surface area (Å²) in [7, 11) is 1.62. The lowest BCUT2D eigenvalue weighted by Gasteiger charge is -2.36. The zero-order valence-electron chi connectivity index (χ0n) is 12.6. The highest BCUT2D eigenvalue weighted by Crippen LogP contribution is 2.27. The Morgan fingerprint density at radius 3 is 2.71 bits per heavy atom. The van der Waals surface area contributed by atoms with Crippen LogP contribution in [-0.4, -0.2) is 57.4 Å². The maximum Gasteiger partial charge on any atom is 0.317 e. The monoisotopic (exact) mass is 311 g/mol. The number of ether oxygens (including phenoxy) is 1. The molecular weight excluding hydrogens is 290 g/mol. The maximum absolute atomic E-state index is 12.0. The average Bonchev–Trinajstić information content (AvgIpc) is 2.50. The fourth-order valence-electron chi connectivity index (χ4n) is 2.46. The number of hydrogen-bond acceptors (Lipinski definition) is 3. The van der Waals surface area contributed by atoms with Crippen molar-refractivity contribution in [2.24, 2.45) is 0 Å². The first-order valence-electron chi connectivity index (χ1n) is 7.15. The Morgan fingerprint density at radius 1 is 1.33 bits per heavy atom. The fraction of sp³-hybridized carbons (Fsp3) is 0.533. The third kappa shape index (κ3) is 4.02. The number of urea groups is 1. The van der Waals surface area contributed by atoms with Gasteiger partial charge in [-0.15, -0.1) is 0 Å². The van der Waals surface area contributed by atoms with Gasteiger partial charge in [-0.05, 0) is 24.6 Å². The Bertz CT molecular complexity index is 488. The molecular formula is C15H22ClN3O2. The molecule has 0 radical (unpaired) electrons. The number of carbonyl (C=O) groups excluding carboxylic acids is 1. The second-order valence-electron chi connectivity index (χ2n) is 5.08. The summed E-state index contributed by atoms with van der Waals surface area (Å²) >= 11 is 6.17. The van der Waals surface area contributed by atoms with Gasteiger partial charge in [0.15, 0.2) is 0 Å². The standard InChI is InChI=1S/C15H22ClN3O2/c1-12-13(16)4-3-5-14(12)18-7-9-19(10-8-18)15(20)17-6-11-21-2/h3-5H,6-11H2,1-2H3,(H,17,20). The van der Waals surface area contributed by atoms with E-state index >= 15 is 0 Å². The Hall–Kier alpha value is -1.46. The first kappa shape index (κ1) is 15.9. The number of carbonyl (C=O) groups is 1. The molecule has 0 aromatic heterocycles. The highest BCUT2D eigenvalue weighted by molar-refractivity contribution is 6.31. The van der Waals surface area contributed by atoms with Gasteiger partial charge < -0.3 is 19.9 Å². The predicted molar refractivity (Wildman–Crippen MR) is 85.2 cm³/mol. The number of amides is 2. The minimum absolute atomic E-state index is 0.0190. The SMILES string of the molecule is COCCNC(=O)N1CCN(c2cccc(Cl)c2C)CC1. The molecule has 1 aliphatic rings. The maximum atomic E-state index is 12.0. The number of methoxy groups -OCH3 is 1. The first-order valence-corrected chi connectivity index (χ1v) is 7.53. The van der Waals surface area contributed by atoms with Gasteiger partial charge in [0.1, 0.15) is 0 Å². The number of hydrogen-bond donors (Lipinski definition) is 1. The zero-order chi connectivity index (χ0) is 15.2. The fourth-order valence-corrected chi connectivity index (χ4v) is 2.63. The Labute approximate surface area is 130 Å². The van der Waals surface area contributed by atoms with E-state index in [0.717, 1.165) is 29.4 Å². The summed E-state index contributed by atoms with van der Waals surface area (Å²) in [4.78, 5) is 16.1. The number of halogens is 1. The van der Waals surface area contributed by atoms with Crippen molar-refractivity contribution in [1.29, 1.82) is 0 Å². The highest BCUT2D eigenvalue weighted by atomic mass is 35.5. The number of rotatable bonds is 4. The number of benzene rings is 1. The lowest BCUT2D eigenvalue weighted by molar-refractivity contribution is 0.177. The number of piperazine rings is 1. The van der Waals surface area contributed by atoms with Gasteiger partial charge in [-0.25, -0.2) is 4.79 Å². The predicted octanol–water partition coefficient (Wildman–Crippen LogP) is 2.13. The molecule has 1 aromatic rings. The molecule has 21 heavy (non-hydrogen) atoms. The molecule has 0 bridgehead atoms. The van der Waals surface area contributed by atoms with E-state index < -0.39 is 0 Å². The van der Waals surface area contributed by atoms with Crippen molar-refractivity contribution in [2.45, 2.75) is 6.92 Å². The van der Waals surface area contributed by atoms with Gasteiger partial charge >= 0.3 is 6.03 Å². The highest BCUT2D eigenvalue weighted by Gasteiger charge is 2.22. The Morgan fingerprint density at radius 2 is 2.05 bits per heavy atom. The molecule has 6 heteroatoms. The van der Waals surface area contributed by atoms with E-state index in [1.54, 1.807) is 7.11 Å². The molecule has 116 valence electrons. The van der Waals surface area contributed by atoms with Crippen LogP contribution in [0.4, 0.5) is 10.5 Å². The van der Waals surface area contributed by atoms with Gasteiger partial charge in [0.25, 0.3) is 0 Å². The lowest BCUT2D eigenvalue weighted by atomic mass is 10.1. The van der Waals surface area contributed by atoms with E-state index in [-0.39, 0.29) is 6.03 Å². The molecule has 0 aliphatic carbocycles. The number of anilines is 1. The van der Waals surface area contributed by atoms with Crippen molar-refractivity contribution in [2.75, 3.05) is 51.3 Å². The molecule has 0 atom stereocenters. The van der Waals surface area contributed by atoms with E-state index in [2.05, 4.69) is 16.3 Å². The molecule has 2 rings (SSSR count). The molecule has 0 saturated carbocycles. The first-order chi connectivity index (χ1) is 10.1. The molecule has 1 aromatic carbocycles. The van der Waals surface area contributed by atoms with Crippen LogP contribution in [0.1, 0.15) is 5.56 Å². The Kier molecular flexibility index (Phi) is 5.70. The van der Waals surface area contributed by atoms with Crippen LogP contribution in [0.25, 0.3) is 0 Å². The van der Waals surface area contributed by atoms with Crippen LogP contribution in [0.5, 0.6) is 0 Å². The summed E-state index contributed by atoms with van der Waals surface area (Å²) in [5.74, 6) is 0. The number of nitrogens with zero attached hydrogens (tertiary/aromatic N) is 2. The molecule has 1 saturated heterocycles. The van der Waals surface area contributed by atoms with Crippen LogP contribution in [0.3, 0.4) is 0 Å². The van der Waals surface area contributed by atoms with E-state index in [9.17, 15) is 4.79 Å². The topological polar surface area (TPSA) is 44.8 Å². The summed E-state index contributed by atoms with van der Waals surface area (Å²) in [6.07, 6.45) is 0. The molecule has 1 N–H and O–H groups in total. The molecule has 1 heterocycles. The summed E-state index contributed by atoms with van der Waals surface area (Å²) in [5, 5.41) is 3.64. The average molecular weight is 312 g/mol. The van der Waals surface area contributed by atoms with Crippen LogP contribution < -0.4 is 10.2 Å². The minimum atomic E-state index is -0.0190. The third-order valence-electron chi connectivity index (χ3n) is 3.73. The van der Waals surface area contributed by atoms with Gasteiger partial charge in [-0.2, -0.15) is 0 Å². The van der Waals surface area contributed by atoms with Crippen molar-refractivity contribution in [3.05, 3.63) is 28.8 Å². The van der Waals surface area contributed by atoms with E-state index in [1.807, 2.05) is 24.0 Å². The van der Waals surface area contributed by atoms with Crippen molar-refractivity contribution >= 4 is 23.3 Å². The van der Waals surface area contributed by atoms with Gasteiger partial charge in [-0.3, -0.25) is 0 Å². The molecule has 0 spiro atoms. The molecule has 0 unspecified atom stereocenters. The van der Waals surface area contributed by atoms with E-state index in [4.69, 9.17) is 16.3 Å². The van der Waals surface area contributed by atoms with Crippen molar-refractivity contribution < 1.29 is 9.53 Å². The molecule has 1 aliphatic heterocycles. The van der Waals surface area contributed by atoms with Gasteiger partial charge in [-0.1, -0.05) is 17.7 Å². The summed E-state index contributed by atoms with van der Waals surface area (Å²) in [6, 6.07) is 5.93. The number of nitrogens with one attached hydrogen (secondary N) is 1. The van der Waals surface area contributed by atoms with Gasteiger partial charge in [0.05, 0.1) is 6.61 Å². The van der Waals surface area contributed by atoms with Crippen molar-refractivity contribution in [1.82, 2.24) is 10.2 Å². The third-order valence-corrected chi connectivity index (χ3v) is 4.14. The minimum Gasteiger partial charge on any atom is -0.383 e. The molecule has 5 nitrogen and oxygen atoms in total. The second-order valence-corrected chi connectivity index (χ2v) is 5.49. The van der Waals surface area contributed by atoms with E-state index in [0.29, 0.717) is 26.2 Å². The van der Waals surface area contributed by atoms with Gasteiger partial charge in [0, 0.05) is 50.5 Å². The van der Waals surface area contributed by atoms with Crippen LogP contribution in [0.2, 0.25) is 5.02 Å². The summed E-state index contributed by atoms with van der Waals surface area (Å²) < 4.78 is 4.92. The van der Waals surface area contributed by atoms with Crippen LogP contribution in [0.15, 0.2) is 18.2 Å². The summed E-state index contributed by atoms with van der Waals surface area (Å²) in [5.41, 5.74) is 2.25. The summed E-state index contributed by atoms with van der Waals surface area (Å²) in [6.45, 7) is 6.17. The van der Waals surface area contributed by atoms with Crippen LogP contribution in [0, 0.1) is 6.92 Å². The normalized spacial score (nSPS) is 15.2. The zero-order valence-corrected chi connectivity index (χ0v) is 13.3. The largest absolute Gasteiger partial charge is 0.383 e. The quantitative estimate of drug-likeness (QED) is 0.866. The molecule has 1 fully saturated rings. The van der Waals surface area contributed by atoms with Crippen LogP contribution >= 0.6 is 11.6 Å². The lowest BCUT2D eigenvalue weighted by Crippen LogP contribution is -2.52. The van der Waals surface area contributed by atoms with Crippen molar-refractivity contribution in [3.63, 3.8) is 0 Å².